The summed E-state index contributed by atoms with van der Waals surface area (Å²) in [4.78, 5) is 14.4. The molecule has 2 N–H and O–H groups in total. The van der Waals surface area contributed by atoms with Crippen LogP contribution in [0.4, 0.5) is 5.13 Å². The van der Waals surface area contributed by atoms with E-state index in [0.29, 0.717) is 10.0 Å². The molecule has 0 spiro atoms. The van der Waals surface area contributed by atoms with E-state index in [1.54, 1.807) is 12.3 Å². The van der Waals surface area contributed by atoms with E-state index in [2.05, 4.69) is 20.4 Å². The molecule has 0 saturated carbocycles. The smallest absolute Gasteiger partial charge is 0.273 e. The fraction of sp³-hybridized carbons (Fsp3) is 0.0625. The van der Waals surface area contributed by atoms with E-state index in [1.807, 2.05) is 31.2 Å². The first-order valence-corrected chi connectivity index (χ1v) is 9.02. The van der Waals surface area contributed by atoms with Crippen LogP contribution in [0, 0.1) is 12.3 Å². The lowest BCUT2D eigenvalue weighted by atomic mass is 10.1. The predicted octanol–water partition coefficient (Wildman–Crippen LogP) is 3.29. The summed E-state index contributed by atoms with van der Waals surface area (Å²) in [5.74, 6) is -0.275. The van der Waals surface area contributed by atoms with Crippen LogP contribution in [-0.4, -0.2) is 31.5 Å². The van der Waals surface area contributed by atoms with Crippen LogP contribution in [0.25, 0.3) is 17.3 Å². The number of anilines is 1. The Kier molecular flexibility index (Phi) is 3.94. The number of benzene rings is 1. The van der Waals surface area contributed by atoms with Gasteiger partial charge in [0.1, 0.15) is 5.51 Å². The number of H-pyrrole nitrogens is 1. The van der Waals surface area contributed by atoms with Crippen molar-refractivity contribution in [1.29, 1.82) is 5.41 Å². The molecule has 0 bridgehead atoms. The van der Waals surface area contributed by atoms with Crippen molar-refractivity contribution in [3.8, 4) is 11.3 Å². The van der Waals surface area contributed by atoms with Crippen LogP contribution < -0.4 is 4.90 Å². The van der Waals surface area contributed by atoms with Gasteiger partial charge < -0.3 is 0 Å². The third-order valence-electron chi connectivity index (χ3n) is 3.66. The normalized spacial score (nSPS) is 16.2. The van der Waals surface area contributed by atoms with Crippen molar-refractivity contribution in [3.05, 3.63) is 52.0 Å². The SMILES string of the molecule is Cc1ccc(-c2[nH]ncc2C=C2SC(=N)N(c3nncs3)C2=O)cc1. The fourth-order valence-electron chi connectivity index (χ4n) is 2.42. The summed E-state index contributed by atoms with van der Waals surface area (Å²) in [6.07, 6.45) is 3.43. The maximum absolute atomic E-state index is 12.6. The highest BCUT2D eigenvalue weighted by Crippen LogP contribution is 2.36. The van der Waals surface area contributed by atoms with Crippen molar-refractivity contribution >= 4 is 45.4 Å². The van der Waals surface area contributed by atoms with Crippen LogP contribution in [0.1, 0.15) is 11.1 Å². The molecule has 1 fully saturated rings. The van der Waals surface area contributed by atoms with E-state index in [-0.39, 0.29) is 11.1 Å². The maximum Gasteiger partial charge on any atom is 0.273 e. The molecule has 2 aromatic heterocycles. The first-order valence-electron chi connectivity index (χ1n) is 7.32. The molecule has 9 heteroatoms. The molecule has 3 aromatic rings. The Balaban J connectivity index is 1.69. The quantitative estimate of drug-likeness (QED) is 0.691. The molecule has 0 radical (unpaired) electrons. The average Bonchev–Trinajstić information content (AvgIpc) is 3.31. The van der Waals surface area contributed by atoms with E-state index in [4.69, 9.17) is 5.41 Å². The number of rotatable bonds is 3. The van der Waals surface area contributed by atoms with Crippen molar-refractivity contribution in [2.75, 3.05) is 4.90 Å². The molecule has 124 valence electrons. The molecule has 1 saturated heterocycles. The first-order chi connectivity index (χ1) is 12.1. The molecule has 1 amide bonds. The molecule has 0 aliphatic carbocycles. The van der Waals surface area contributed by atoms with Gasteiger partial charge in [-0.2, -0.15) is 5.10 Å². The van der Waals surface area contributed by atoms with Gasteiger partial charge in [-0.3, -0.25) is 15.3 Å². The number of nitrogens with one attached hydrogen (secondary N) is 2. The Bertz CT molecular complexity index is 974. The summed E-state index contributed by atoms with van der Waals surface area (Å²) in [6.45, 7) is 2.03. The van der Waals surface area contributed by atoms with Crippen molar-refractivity contribution in [2.45, 2.75) is 6.92 Å². The Morgan fingerprint density at radius 1 is 1.28 bits per heavy atom. The number of carbonyl (C=O) groups is 1. The van der Waals surface area contributed by atoms with E-state index in [0.717, 1.165) is 28.6 Å². The minimum atomic E-state index is -0.275. The molecule has 4 rings (SSSR count). The number of aromatic nitrogens is 4. The molecule has 0 unspecified atom stereocenters. The molecular weight excluding hydrogens is 356 g/mol. The van der Waals surface area contributed by atoms with Crippen LogP contribution in [-0.2, 0) is 4.79 Å². The van der Waals surface area contributed by atoms with Gasteiger partial charge >= 0.3 is 0 Å². The molecule has 25 heavy (non-hydrogen) atoms. The van der Waals surface area contributed by atoms with Gasteiger partial charge in [0, 0.05) is 11.1 Å². The number of carbonyl (C=O) groups excluding carboxylic acids is 1. The van der Waals surface area contributed by atoms with Crippen LogP contribution >= 0.6 is 23.1 Å². The highest BCUT2D eigenvalue weighted by atomic mass is 32.2. The maximum atomic E-state index is 12.6. The zero-order valence-electron chi connectivity index (χ0n) is 13.1. The first kappa shape index (κ1) is 15.7. The third kappa shape index (κ3) is 2.87. The number of aryl methyl sites for hydroxylation is 1. The predicted molar refractivity (Wildman–Crippen MR) is 99.5 cm³/mol. The van der Waals surface area contributed by atoms with Gasteiger partial charge in [-0.05, 0) is 24.8 Å². The Labute approximate surface area is 151 Å². The average molecular weight is 368 g/mol. The standard InChI is InChI=1S/C16H12N6OS2/c1-9-2-4-10(5-3-9)13-11(7-18-20-13)6-12-14(23)22(15(17)25-12)16-21-19-8-24-16/h2-8,17H,1H3,(H,18,20). The lowest BCUT2D eigenvalue weighted by Gasteiger charge is -2.08. The number of amidine groups is 1. The van der Waals surface area contributed by atoms with E-state index < -0.39 is 0 Å². The van der Waals surface area contributed by atoms with Crippen LogP contribution in [0.3, 0.4) is 0 Å². The highest BCUT2D eigenvalue weighted by molar-refractivity contribution is 8.19. The van der Waals surface area contributed by atoms with Gasteiger partial charge in [-0.15, -0.1) is 10.2 Å². The second kappa shape index (κ2) is 6.26. The van der Waals surface area contributed by atoms with Crippen molar-refractivity contribution in [3.63, 3.8) is 0 Å². The summed E-state index contributed by atoms with van der Waals surface area (Å²) in [5, 5.41) is 23.3. The summed E-state index contributed by atoms with van der Waals surface area (Å²) < 4.78 is 0. The second-order valence-corrected chi connectivity index (χ2v) is 7.19. The van der Waals surface area contributed by atoms with Crippen molar-refractivity contribution < 1.29 is 4.79 Å². The van der Waals surface area contributed by atoms with Gasteiger partial charge in [-0.1, -0.05) is 41.2 Å². The van der Waals surface area contributed by atoms with Crippen LogP contribution in [0.15, 0.2) is 40.9 Å². The van der Waals surface area contributed by atoms with E-state index in [1.165, 1.54) is 27.3 Å². The van der Waals surface area contributed by atoms with Crippen LogP contribution in [0.5, 0.6) is 0 Å². The molecule has 1 aromatic carbocycles. The number of aromatic amines is 1. The summed E-state index contributed by atoms with van der Waals surface area (Å²) >= 11 is 2.32. The van der Waals surface area contributed by atoms with Gasteiger partial charge in [-0.25, -0.2) is 4.90 Å². The monoisotopic (exact) mass is 368 g/mol. The number of hydrogen-bond donors (Lipinski definition) is 2. The second-order valence-electron chi connectivity index (χ2n) is 5.34. The van der Waals surface area contributed by atoms with Gasteiger partial charge in [0.05, 0.1) is 16.8 Å². The highest BCUT2D eigenvalue weighted by Gasteiger charge is 2.35. The molecular formula is C16H12N6OS2. The lowest BCUT2D eigenvalue weighted by Crippen LogP contribution is -2.27. The number of thioether (sulfide) groups is 1. The zero-order valence-corrected chi connectivity index (χ0v) is 14.7. The topological polar surface area (TPSA) is 98.6 Å². The number of amides is 1. The van der Waals surface area contributed by atoms with Gasteiger partial charge in [0.2, 0.25) is 5.13 Å². The largest absolute Gasteiger partial charge is 0.278 e. The van der Waals surface area contributed by atoms with Gasteiger partial charge in [0.25, 0.3) is 5.91 Å². The van der Waals surface area contributed by atoms with E-state index in [9.17, 15) is 4.79 Å². The third-order valence-corrected chi connectivity index (χ3v) is 5.22. The zero-order chi connectivity index (χ0) is 17.4. The molecule has 1 aliphatic rings. The van der Waals surface area contributed by atoms with Gasteiger partial charge in [0.15, 0.2) is 5.17 Å². The Morgan fingerprint density at radius 3 is 2.80 bits per heavy atom. The Morgan fingerprint density at radius 2 is 2.08 bits per heavy atom. The number of nitrogens with zero attached hydrogens (tertiary/aromatic N) is 4. The Hall–Kier alpha value is -2.78. The van der Waals surface area contributed by atoms with E-state index >= 15 is 0 Å². The van der Waals surface area contributed by atoms with Crippen molar-refractivity contribution in [1.82, 2.24) is 20.4 Å². The molecule has 1 aliphatic heterocycles. The summed E-state index contributed by atoms with van der Waals surface area (Å²) in [6, 6.07) is 8.05. The fourth-order valence-corrected chi connectivity index (χ4v) is 3.88. The summed E-state index contributed by atoms with van der Waals surface area (Å²) in [7, 11) is 0. The molecule has 3 heterocycles. The summed E-state index contributed by atoms with van der Waals surface area (Å²) in [5.41, 5.74) is 5.33. The van der Waals surface area contributed by atoms with Crippen LogP contribution in [0.2, 0.25) is 0 Å². The lowest BCUT2D eigenvalue weighted by molar-refractivity contribution is -0.113. The van der Waals surface area contributed by atoms with Crippen molar-refractivity contribution in [2.24, 2.45) is 0 Å². The number of hydrogen-bond acceptors (Lipinski definition) is 7. The minimum absolute atomic E-state index is 0.119. The molecule has 0 atom stereocenters. The minimum Gasteiger partial charge on any atom is -0.278 e. The molecule has 7 nitrogen and oxygen atoms in total.